The van der Waals surface area contributed by atoms with Crippen LogP contribution in [0.15, 0.2) is 28.8 Å². The molecule has 0 saturated carbocycles. The van der Waals surface area contributed by atoms with E-state index in [0.29, 0.717) is 17.3 Å². The minimum absolute atomic E-state index is 0.0385. The van der Waals surface area contributed by atoms with Gasteiger partial charge in [-0.05, 0) is 31.5 Å². The van der Waals surface area contributed by atoms with Crippen LogP contribution in [0.5, 0.6) is 5.75 Å². The minimum Gasteiger partial charge on any atom is -0.495 e. The lowest BCUT2D eigenvalue weighted by Crippen LogP contribution is -2.37. The Morgan fingerprint density at radius 2 is 2.30 bits per heavy atom. The number of ether oxygens (including phenoxy) is 1. The van der Waals surface area contributed by atoms with Crippen molar-refractivity contribution in [1.29, 1.82) is 0 Å². The zero-order chi connectivity index (χ0) is 16.4. The van der Waals surface area contributed by atoms with Crippen molar-refractivity contribution in [3.05, 3.63) is 40.7 Å². The number of aromatic nitrogens is 1. The van der Waals surface area contributed by atoms with Crippen molar-refractivity contribution in [2.24, 2.45) is 0 Å². The quantitative estimate of drug-likeness (QED) is 0.930. The van der Waals surface area contributed by atoms with Crippen LogP contribution < -0.4 is 15.0 Å². The molecule has 7 heteroatoms. The van der Waals surface area contributed by atoms with E-state index in [4.69, 9.17) is 20.9 Å². The summed E-state index contributed by atoms with van der Waals surface area (Å²) in [7, 11) is 1.63. The summed E-state index contributed by atoms with van der Waals surface area (Å²) in [5.41, 5.74) is 1.62. The number of nitrogens with zero attached hydrogens (tertiary/aromatic N) is 2. The molecule has 1 fully saturated rings. The van der Waals surface area contributed by atoms with E-state index in [1.807, 2.05) is 12.1 Å². The Kier molecular flexibility index (Phi) is 4.43. The molecule has 0 bridgehead atoms. The number of methoxy groups -OCH3 is 1. The number of anilines is 1. The molecule has 0 spiro atoms. The summed E-state index contributed by atoms with van der Waals surface area (Å²) in [4.78, 5) is 14.3. The zero-order valence-corrected chi connectivity index (χ0v) is 13.8. The molecule has 122 valence electrons. The van der Waals surface area contributed by atoms with E-state index in [0.717, 1.165) is 24.4 Å². The molecule has 1 aliphatic heterocycles. The minimum atomic E-state index is -0.240. The van der Waals surface area contributed by atoms with Gasteiger partial charge in [0, 0.05) is 30.2 Å². The second-order valence-corrected chi connectivity index (χ2v) is 5.99. The molecule has 1 aliphatic rings. The number of nitrogens with one attached hydrogen (secondary N) is 1. The van der Waals surface area contributed by atoms with E-state index >= 15 is 0 Å². The van der Waals surface area contributed by atoms with Crippen molar-refractivity contribution in [2.45, 2.75) is 19.4 Å². The van der Waals surface area contributed by atoms with Crippen molar-refractivity contribution in [1.82, 2.24) is 10.5 Å². The molecule has 0 aliphatic carbocycles. The van der Waals surface area contributed by atoms with Gasteiger partial charge < -0.3 is 19.5 Å². The van der Waals surface area contributed by atoms with Gasteiger partial charge in [0.05, 0.1) is 18.5 Å². The maximum absolute atomic E-state index is 12.1. The second kappa shape index (κ2) is 6.50. The van der Waals surface area contributed by atoms with Crippen LogP contribution in [0.4, 0.5) is 5.69 Å². The normalized spacial score (nSPS) is 17.3. The Labute approximate surface area is 139 Å². The number of hydrogen-bond donors (Lipinski definition) is 1. The second-order valence-electron chi connectivity index (χ2n) is 5.55. The number of benzene rings is 1. The summed E-state index contributed by atoms with van der Waals surface area (Å²) in [6.45, 7) is 3.29. The molecular weight excluding hydrogens is 318 g/mol. The van der Waals surface area contributed by atoms with Gasteiger partial charge in [0.1, 0.15) is 5.75 Å². The summed E-state index contributed by atoms with van der Waals surface area (Å²) < 4.78 is 10.4. The largest absolute Gasteiger partial charge is 0.495 e. The summed E-state index contributed by atoms with van der Waals surface area (Å²) in [5, 5.41) is 7.36. The molecular formula is C16H18ClN3O3. The van der Waals surface area contributed by atoms with Crippen LogP contribution >= 0.6 is 11.6 Å². The van der Waals surface area contributed by atoms with Gasteiger partial charge in [0.25, 0.3) is 5.91 Å². The van der Waals surface area contributed by atoms with E-state index in [1.165, 1.54) is 0 Å². The van der Waals surface area contributed by atoms with Crippen molar-refractivity contribution < 1.29 is 14.1 Å². The van der Waals surface area contributed by atoms with Crippen LogP contribution in [0, 0.1) is 6.92 Å². The summed E-state index contributed by atoms with van der Waals surface area (Å²) in [5.74, 6) is 0.768. The fourth-order valence-corrected chi connectivity index (χ4v) is 2.90. The molecule has 1 atom stereocenters. The Hall–Kier alpha value is -2.21. The van der Waals surface area contributed by atoms with Gasteiger partial charge in [-0.1, -0.05) is 16.8 Å². The maximum atomic E-state index is 12.1. The monoisotopic (exact) mass is 335 g/mol. The number of hydrogen-bond acceptors (Lipinski definition) is 5. The number of aryl methyl sites for hydroxylation is 1. The number of halogens is 1. The molecule has 2 heterocycles. The van der Waals surface area contributed by atoms with E-state index in [-0.39, 0.29) is 17.7 Å². The van der Waals surface area contributed by atoms with E-state index in [1.54, 1.807) is 26.2 Å². The van der Waals surface area contributed by atoms with Crippen molar-refractivity contribution in [3.63, 3.8) is 0 Å². The zero-order valence-electron chi connectivity index (χ0n) is 13.0. The van der Waals surface area contributed by atoms with E-state index < -0.39 is 0 Å². The fourth-order valence-electron chi connectivity index (χ4n) is 2.73. The van der Waals surface area contributed by atoms with Crippen molar-refractivity contribution >= 4 is 23.2 Å². The molecule has 3 rings (SSSR count). The molecule has 1 amide bonds. The van der Waals surface area contributed by atoms with Crippen LogP contribution in [0.1, 0.15) is 22.7 Å². The predicted molar refractivity (Wildman–Crippen MR) is 87.3 cm³/mol. The standard InChI is InChI=1S/C16H18ClN3O3/c1-10-7-15(23-19-10)16(21)18-12-5-6-20(9-12)13-8-11(17)3-4-14(13)22-2/h3-4,7-8,12H,5-6,9H2,1-2H3,(H,18,21). The lowest BCUT2D eigenvalue weighted by Gasteiger charge is -2.21. The predicted octanol–water partition coefficient (Wildman–Crippen LogP) is 2.65. The first kappa shape index (κ1) is 15.7. The van der Waals surface area contributed by atoms with Crippen molar-refractivity contribution in [2.75, 3.05) is 25.1 Å². The van der Waals surface area contributed by atoms with Crippen molar-refractivity contribution in [3.8, 4) is 5.75 Å². The van der Waals surface area contributed by atoms with E-state index in [9.17, 15) is 4.79 Å². The fraction of sp³-hybridized carbons (Fsp3) is 0.375. The van der Waals surface area contributed by atoms with Crippen LogP contribution in [0.2, 0.25) is 5.02 Å². The van der Waals surface area contributed by atoms with Gasteiger partial charge in [-0.2, -0.15) is 0 Å². The third kappa shape index (κ3) is 3.42. The van der Waals surface area contributed by atoms with Crippen LogP contribution in [0.25, 0.3) is 0 Å². The van der Waals surface area contributed by atoms with Gasteiger partial charge in [-0.3, -0.25) is 4.79 Å². The van der Waals surface area contributed by atoms with E-state index in [2.05, 4.69) is 15.4 Å². The Balaban J connectivity index is 1.67. The first-order valence-corrected chi connectivity index (χ1v) is 7.77. The smallest absolute Gasteiger partial charge is 0.290 e. The van der Waals surface area contributed by atoms with Crippen LogP contribution in [0.3, 0.4) is 0 Å². The highest BCUT2D eigenvalue weighted by Crippen LogP contribution is 2.33. The molecule has 6 nitrogen and oxygen atoms in total. The Morgan fingerprint density at radius 1 is 1.48 bits per heavy atom. The van der Waals surface area contributed by atoms with Gasteiger partial charge in [-0.25, -0.2) is 0 Å². The molecule has 1 unspecified atom stereocenters. The molecule has 23 heavy (non-hydrogen) atoms. The first-order valence-electron chi connectivity index (χ1n) is 7.39. The molecule has 1 saturated heterocycles. The summed E-state index contributed by atoms with van der Waals surface area (Å²) >= 11 is 6.08. The molecule has 2 aromatic rings. The van der Waals surface area contributed by atoms with Gasteiger partial charge in [0.2, 0.25) is 5.76 Å². The molecule has 1 N–H and O–H groups in total. The number of carbonyl (C=O) groups excluding carboxylic acids is 1. The molecule has 1 aromatic heterocycles. The van der Waals surface area contributed by atoms with Crippen LogP contribution in [-0.2, 0) is 0 Å². The topological polar surface area (TPSA) is 67.6 Å². The number of carbonyl (C=O) groups is 1. The lowest BCUT2D eigenvalue weighted by molar-refractivity contribution is 0.0903. The average Bonchev–Trinajstić information content (AvgIpc) is 3.16. The highest BCUT2D eigenvalue weighted by molar-refractivity contribution is 6.30. The third-order valence-corrected chi connectivity index (χ3v) is 4.09. The number of amides is 1. The summed E-state index contributed by atoms with van der Waals surface area (Å²) in [6, 6.07) is 7.19. The first-order chi connectivity index (χ1) is 11.1. The lowest BCUT2D eigenvalue weighted by atomic mass is 10.2. The van der Waals surface area contributed by atoms with Crippen LogP contribution in [-0.4, -0.2) is 37.3 Å². The van der Waals surface area contributed by atoms with Gasteiger partial charge >= 0.3 is 0 Å². The average molecular weight is 336 g/mol. The van der Waals surface area contributed by atoms with Gasteiger partial charge in [-0.15, -0.1) is 0 Å². The maximum Gasteiger partial charge on any atom is 0.290 e. The molecule has 0 radical (unpaired) electrons. The SMILES string of the molecule is COc1ccc(Cl)cc1N1CCC(NC(=O)c2cc(C)no2)C1. The molecule has 1 aromatic carbocycles. The highest BCUT2D eigenvalue weighted by atomic mass is 35.5. The number of rotatable bonds is 4. The van der Waals surface area contributed by atoms with Gasteiger partial charge in [0.15, 0.2) is 0 Å². The highest BCUT2D eigenvalue weighted by Gasteiger charge is 2.27. The summed E-state index contributed by atoms with van der Waals surface area (Å²) in [6.07, 6.45) is 0.842. The Bertz CT molecular complexity index is 716. The Morgan fingerprint density at radius 3 is 3.00 bits per heavy atom. The third-order valence-electron chi connectivity index (χ3n) is 3.86.